The molecule has 2 heteroatoms. The molecule has 0 aromatic heterocycles. The fourth-order valence-corrected chi connectivity index (χ4v) is 3.06. The Morgan fingerprint density at radius 2 is 1.76 bits per heavy atom. The van der Waals surface area contributed by atoms with E-state index in [4.69, 9.17) is 0 Å². The van der Waals surface area contributed by atoms with Gasteiger partial charge in [0.05, 0.1) is 0 Å². The lowest BCUT2D eigenvalue weighted by atomic mass is 9.88. The molecule has 1 atom stereocenters. The highest BCUT2D eigenvalue weighted by Crippen LogP contribution is 2.27. The van der Waals surface area contributed by atoms with Gasteiger partial charge in [0.2, 0.25) is 0 Å². The fraction of sp³-hybridized carbons (Fsp3) is 1.00. The molecule has 0 amide bonds. The normalized spacial score (nSPS) is 19.8. The van der Waals surface area contributed by atoms with Crippen molar-refractivity contribution in [2.24, 2.45) is 0 Å². The van der Waals surface area contributed by atoms with Crippen LogP contribution in [0, 0.1) is 0 Å². The Labute approximate surface area is 108 Å². The maximum Gasteiger partial charge on any atom is 0.0306 e. The van der Waals surface area contributed by atoms with Gasteiger partial charge < -0.3 is 5.32 Å². The topological polar surface area (TPSA) is 15.3 Å². The van der Waals surface area contributed by atoms with E-state index in [1.165, 1.54) is 51.6 Å². The van der Waals surface area contributed by atoms with Crippen LogP contribution in [0.2, 0.25) is 0 Å². The van der Waals surface area contributed by atoms with Crippen LogP contribution in [-0.4, -0.2) is 36.1 Å². The Bertz CT molecular complexity index is 195. The Kier molecular flexibility index (Phi) is 6.50. The molecule has 0 spiro atoms. The van der Waals surface area contributed by atoms with E-state index in [2.05, 4.69) is 37.9 Å². The number of nitrogens with zero attached hydrogens (tertiary/aromatic N) is 1. The Morgan fingerprint density at radius 3 is 2.29 bits per heavy atom. The van der Waals surface area contributed by atoms with Gasteiger partial charge in [-0.2, -0.15) is 0 Å². The molecule has 2 nitrogen and oxygen atoms in total. The monoisotopic (exact) mass is 240 g/mol. The van der Waals surface area contributed by atoms with Gasteiger partial charge in [0.15, 0.2) is 0 Å². The van der Waals surface area contributed by atoms with Crippen molar-refractivity contribution in [1.82, 2.24) is 10.2 Å². The van der Waals surface area contributed by atoms with Crippen LogP contribution >= 0.6 is 0 Å². The Hall–Kier alpha value is -0.0800. The first-order chi connectivity index (χ1) is 8.12. The minimum absolute atomic E-state index is 0.320. The van der Waals surface area contributed by atoms with Gasteiger partial charge in [0.1, 0.15) is 0 Å². The van der Waals surface area contributed by atoms with Crippen LogP contribution in [0.3, 0.4) is 0 Å². The van der Waals surface area contributed by atoms with Crippen molar-refractivity contribution in [3.05, 3.63) is 0 Å². The second-order valence-electron chi connectivity index (χ2n) is 5.95. The molecule has 1 fully saturated rings. The van der Waals surface area contributed by atoms with E-state index in [1.807, 2.05) is 0 Å². The van der Waals surface area contributed by atoms with Gasteiger partial charge in [0, 0.05) is 11.6 Å². The van der Waals surface area contributed by atoms with Crippen LogP contribution < -0.4 is 5.32 Å². The molecule has 1 aliphatic rings. The highest BCUT2D eigenvalue weighted by Gasteiger charge is 2.35. The summed E-state index contributed by atoms with van der Waals surface area (Å²) in [7, 11) is 0. The Balaban J connectivity index is 2.52. The standard InChI is InChI=1S/C15H32N2/c1-5-7-8-11-14(16-6-2)15(3,4)17-12-9-10-13-17/h14,16H,5-13H2,1-4H3. The van der Waals surface area contributed by atoms with Crippen molar-refractivity contribution in [3.8, 4) is 0 Å². The van der Waals surface area contributed by atoms with E-state index >= 15 is 0 Å². The number of hydrogen-bond acceptors (Lipinski definition) is 2. The molecule has 1 N–H and O–H groups in total. The molecule has 0 aromatic rings. The summed E-state index contributed by atoms with van der Waals surface area (Å²) in [5, 5.41) is 3.72. The largest absolute Gasteiger partial charge is 0.312 e. The SMILES string of the molecule is CCCCCC(NCC)C(C)(C)N1CCCC1. The molecule has 102 valence electrons. The number of unbranched alkanes of at least 4 members (excludes halogenated alkanes) is 2. The van der Waals surface area contributed by atoms with Crippen LogP contribution in [-0.2, 0) is 0 Å². The first kappa shape index (κ1) is 15.0. The first-order valence-electron chi connectivity index (χ1n) is 7.61. The van der Waals surface area contributed by atoms with Gasteiger partial charge in [0.25, 0.3) is 0 Å². The van der Waals surface area contributed by atoms with Crippen molar-refractivity contribution in [2.75, 3.05) is 19.6 Å². The zero-order valence-electron chi connectivity index (χ0n) is 12.4. The number of likely N-dealkylation sites (N-methyl/N-ethyl adjacent to an activating group) is 1. The predicted octanol–water partition coefficient (Wildman–Crippen LogP) is 3.42. The smallest absolute Gasteiger partial charge is 0.0306 e. The molecule has 0 saturated carbocycles. The molecule has 1 rings (SSSR count). The second-order valence-corrected chi connectivity index (χ2v) is 5.95. The van der Waals surface area contributed by atoms with Crippen molar-refractivity contribution >= 4 is 0 Å². The van der Waals surface area contributed by atoms with Gasteiger partial charge >= 0.3 is 0 Å². The van der Waals surface area contributed by atoms with E-state index < -0.39 is 0 Å². The van der Waals surface area contributed by atoms with E-state index in [-0.39, 0.29) is 0 Å². The minimum atomic E-state index is 0.320. The Morgan fingerprint density at radius 1 is 1.12 bits per heavy atom. The number of likely N-dealkylation sites (tertiary alicyclic amines) is 1. The number of rotatable bonds is 8. The molecule has 1 saturated heterocycles. The van der Waals surface area contributed by atoms with Crippen molar-refractivity contribution in [3.63, 3.8) is 0 Å². The molecule has 0 aliphatic carbocycles. The summed E-state index contributed by atoms with van der Waals surface area (Å²) in [6, 6.07) is 0.650. The van der Waals surface area contributed by atoms with Crippen LogP contribution in [0.1, 0.15) is 66.2 Å². The molecule has 17 heavy (non-hydrogen) atoms. The van der Waals surface area contributed by atoms with Crippen molar-refractivity contribution < 1.29 is 0 Å². The summed E-state index contributed by atoms with van der Waals surface area (Å²) < 4.78 is 0. The van der Waals surface area contributed by atoms with Gasteiger partial charge in [-0.05, 0) is 52.7 Å². The number of hydrogen-bond donors (Lipinski definition) is 1. The van der Waals surface area contributed by atoms with E-state index in [9.17, 15) is 0 Å². The lowest BCUT2D eigenvalue weighted by Gasteiger charge is -2.42. The predicted molar refractivity (Wildman–Crippen MR) is 76.5 cm³/mol. The van der Waals surface area contributed by atoms with Crippen LogP contribution in [0.5, 0.6) is 0 Å². The third-order valence-electron chi connectivity index (χ3n) is 4.32. The first-order valence-corrected chi connectivity index (χ1v) is 7.61. The zero-order valence-corrected chi connectivity index (χ0v) is 12.4. The maximum atomic E-state index is 3.72. The zero-order chi connectivity index (χ0) is 12.7. The average Bonchev–Trinajstić information content (AvgIpc) is 2.82. The van der Waals surface area contributed by atoms with Crippen LogP contribution in [0.25, 0.3) is 0 Å². The van der Waals surface area contributed by atoms with Gasteiger partial charge in [-0.3, -0.25) is 4.90 Å². The summed E-state index contributed by atoms with van der Waals surface area (Å²) in [6.45, 7) is 13.1. The molecule has 1 unspecified atom stereocenters. The third-order valence-corrected chi connectivity index (χ3v) is 4.32. The maximum absolute atomic E-state index is 3.72. The van der Waals surface area contributed by atoms with Gasteiger partial charge in [-0.15, -0.1) is 0 Å². The molecule has 1 aliphatic heterocycles. The van der Waals surface area contributed by atoms with Crippen molar-refractivity contribution in [2.45, 2.75) is 77.8 Å². The van der Waals surface area contributed by atoms with Crippen LogP contribution in [0.4, 0.5) is 0 Å². The van der Waals surface area contributed by atoms with E-state index in [0.717, 1.165) is 6.54 Å². The van der Waals surface area contributed by atoms with E-state index in [0.29, 0.717) is 11.6 Å². The number of nitrogens with one attached hydrogen (secondary N) is 1. The second kappa shape index (κ2) is 7.38. The lowest BCUT2D eigenvalue weighted by Crippen LogP contribution is -2.56. The minimum Gasteiger partial charge on any atom is -0.312 e. The van der Waals surface area contributed by atoms with Gasteiger partial charge in [-0.25, -0.2) is 0 Å². The summed E-state index contributed by atoms with van der Waals surface area (Å²) in [5.74, 6) is 0. The lowest BCUT2D eigenvalue weighted by molar-refractivity contribution is 0.102. The summed E-state index contributed by atoms with van der Waals surface area (Å²) in [6.07, 6.45) is 8.16. The average molecular weight is 240 g/mol. The molecule has 0 aromatic carbocycles. The molecular weight excluding hydrogens is 208 g/mol. The molecule has 0 bridgehead atoms. The summed E-state index contributed by atoms with van der Waals surface area (Å²) in [4.78, 5) is 2.69. The van der Waals surface area contributed by atoms with Crippen LogP contribution in [0.15, 0.2) is 0 Å². The molecule has 0 radical (unpaired) electrons. The highest BCUT2D eigenvalue weighted by atomic mass is 15.2. The van der Waals surface area contributed by atoms with Crippen molar-refractivity contribution in [1.29, 1.82) is 0 Å². The van der Waals surface area contributed by atoms with Gasteiger partial charge in [-0.1, -0.05) is 33.1 Å². The molecule has 1 heterocycles. The highest BCUT2D eigenvalue weighted by molar-refractivity contribution is 4.95. The quantitative estimate of drug-likeness (QED) is 0.654. The third kappa shape index (κ3) is 4.26. The van der Waals surface area contributed by atoms with E-state index in [1.54, 1.807) is 0 Å². The fourth-order valence-electron chi connectivity index (χ4n) is 3.06. The summed E-state index contributed by atoms with van der Waals surface area (Å²) >= 11 is 0. The molecular formula is C15H32N2. The summed E-state index contributed by atoms with van der Waals surface area (Å²) in [5.41, 5.74) is 0.320.